The molecular formula is C10H18N8O2. The average molecular weight is 282 g/mol. The molecule has 2 aliphatic rings. The molecule has 20 heavy (non-hydrogen) atoms. The van der Waals surface area contributed by atoms with E-state index in [-0.39, 0.29) is 12.1 Å². The molecule has 2 saturated heterocycles. The van der Waals surface area contributed by atoms with Gasteiger partial charge in [0.1, 0.15) is 0 Å². The number of β-amino-alcohol motifs (C(OH)–C–C–N with tert-alkyl or cyclic N) is 2. The van der Waals surface area contributed by atoms with E-state index in [9.17, 15) is 10.2 Å². The summed E-state index contributed by atoms with van der Waals surface area (Å²) in [6, 6.07) is -0.778. The third-order valence-corrected chi connectivity index (χ3v) is 3.80. The topological polar surface area (TPSA) is 144 Å². The maximum atomic E-state index is 9.72. The van der Waals surface area contributed by atoms with Gasteiger partial charge in [0.05, 0.1) is 24.3 Å². The smallest absolute Gasteiger partial charge is 0.0773 e. The molecular weight excluding hydrogens is 264 g/mol. The normalized spacial score (nSPS) is 34.7. The Morgan fingerprint density at radius 2 is 1.25 bits per heavy atom. The van der Waals surface area contributed by atoms with Gasteiger partial charge in [0.15, 0.2) is 0 Å². The summed E-state index contributed by atoms with van der Waals surface area (Å²) >= 11 is 0. The van der Waals surface area contributed by atoms with E-state index in [2.05, 4.69) is 20.1 Å². The van der Waals surface area contributed by atoms with Crippen LogP contribution in [0.4, 0.5) is 0 Å². The van der Waals surface area contributed by atoms with E-state index in [0.717, 1.165) is 0 Å². The van der Waals surface area contributed by atoms with E-state index in [0.29, 0.717) is 39.3 Å². The molecule has 2 fully saturated rings. The van der Waals surface area contributed by atoms with E-state index in [4.69, 9.17) is 11.1 Å². The van der Waals surface area contributed by atoms with Crippen molar-refractivity contribution >= 4 is 0 Å². The molecule has 0 amide bonds. The molecule has 4 atom stereocenters. The molecule has 10 heteroatoms. The number of hydrogen-bond donors (Lipinski definition) is 2. The zero-order valence-electron chi connectivity index (χ0n) is 11.0. The minimum absolute atomic E-state index is 0.389. The van der Waals surface area contributed by atoms with Crippen LogP contribution in [-0.4, -0.2) is 83.6 Å². The van der Waals surface area contributed by atoms with E-state index in [1.807, 2.05) is 9.80 Å². The molecule has 2 rings (SSSR count). The molecule has 0 aromatic rings. The summed E-state index contributed by atoms with van der Waals surface area (Å²) in [5, 5.41) is 26.6. The Morgan fingerprint density at radius 1 is 0.850 bits per heavy atom. The second kappa shape index (κ2) is 6.76. The van der Waals surface area contributed by atoms with Crippen molar-refractivity contribution in [1.29, 1.82) is 0 Å². The summed E-state index contributed by atoms with van der Waals surface area (Å²) in [5.41, 5.74) is 16.8. The number of aliphatic hydroxyl groups excluding tert-OH is 2. The minimum atomic E-state index is -0.619. The molecule has 0 aromatic heterocycles. The van der Waals surface area contributed by atoms with Crippen molar-refractivity contribution < 1.29 is 10.2 Å². The van der Waals surface area contributed by atoms with Crippen molar-refractivity contribution in [1.82, 2.24) is 9.80 Å². The van der Waals surface area contributed by atoms with Gasteiger partial charge in [-0.3, -0.25) is 9.80 Å². The summed E-state index contributed by atoms with van der Waals surface area (Å²) in [4.78, 5) is 9.51. The number of likely N-dealkylation sites (tertiary alicyclic amines) is 2. The Morgan fingerprint density at radius 3 is 1.60 bits per heavy atom. The molecule has 0 spiro atoms. The molecule has 0 aromatic carbocycles. The maximum absolute atomic E-state index is 9.72. The highest BCUT2D eigenvalue weighted by molar-refractivity contribution is 4.92. The molecule has 2 N–H and O–H groups in total. The third-order valence-electron chi connectivity index (χ3n) is 3.80. The highest BCUT2D eigenvalue weighted by atomic mass is 16.3. The fourth-order valence-electron chi connectivity index (χ4n) is 2.70. The summed E-state index contributed by atoms with van der Waals surface area (Å²) in [7, 11) is 0. The summed E-state index contributed by atoms with van der Waals surface area (Å²) < 4.78 is 0. The van der Waals surface area contributed by atoms with Crippen LogP contribution in [0.5, 0.6) is 0 Å². The Kier molecular flexibility index (Phi) is 5.02. The fourth-order valence-corrected chi connectivity index (χ4v) is 2.70. The predicted molar refractivity (Wildman–Crippen MR) is 70.8 cm³/mol. The Labute approximate surface area is 115 Å². The minimum Gasteiger partial charge on any atom is -0.391 e. The second-order valence-electron chi connectivity index (χ2n) is 5.20. The molecule has 0 radical (unpaired) electrons. The quantitative estimate of drug-likeness (QED) is 0.405. The van der Waals surface area contributed by atoms with Crippen molar-refractivity contribution in [3.05, 3.63) is 20.9 Å². The van der Waals surface area contributed by atoms with Crippen LogP contribution in [-0.2, 0) is 0 Å². The SMILES string of the molecule is [N-]=[N+]=N[C@@H]1CN(CCN2C[C@H](O)[C@H](N=[N+]=[N-])C2)C[C@@H]1O. The van der Waals surface area contributed by atoms with Crippen LogP contribution >= 0.6 is 0 Å². The highest BCUT2D eigenvalue weighted by Gasteiger charge is 2.33. The zero-order valence-corrected chi connectivity index (χ0v) is 11.0. The zero-order chi connectivity index (χ0) is 14.5. The average Bonchev–Trinajstić information content (AvgIpc) is 2.93. The largest absolute Gasteiger partial charge is 0.391 e. The van der Waals surface area contributed by atoms with Crippen LogP contribution in [0.2, 0.25) is 0 Å². The fraction of sp³-hybridized carbons (Fsp3) is 1.00. The summed E-state index contributed by atoms with van der Waals surface area (Å²) in [6.45, 7) is 3.48. The number of aliphatic hydroxyl groups is 2. The van der Waals surface area contributed by atoms with Crippen LogP contribution in [0.3, 0.4) is 0 Å². The first kappa shape index (κ1) is 14.9. The van der Waals surface area contributed by atoms with Gasteiger partial charge in [-0.2, -0.15) is 0 Å². The van der Waals surface area contributed by atoms with Gasteiger partial charge in [-0.15, -0.1) is 0 Å². The predicted octanol–water partition coefficient (Wildman–Crippen LogP) is -0.303. The monoisotopic (exact) mass is 282 g/mol. The summed E-state index contributed by atoms with van der Waals surface area (Å²) in [5.74, 6) is 0. The van der Waals surface area contributed by atoms with Gasteiger partial charge in [-0.25, -0.2) is 0 Å². The van der Waals surface area contributed by atoms with Gasteiger partial charge < -0.3 is 10.2 Å². The molecule has 0 saturated carbocycles. The number of hydrogen-bond acceptors (Lipinski definition) is 6. The van der Waals surface area contributed by atoms with Crippen molar-refractivity contribution in [3.63, 3.8) is 0 Å². The first-order valence-corrected chi connectivity index (χ1v) is 6.53. The van der Waals surface area contributed by atoms with Gasteiger partial charge >= 0.3 is 0 Å². The van der Waals surface area contributed by atoms with Crippen molar-refractivity contribution in [3.8, 4) is 0 Å². The van der Waals surface area contributed by atoms with Crippen LogP contribution in [0.15, 0.2) is 10.2 Å². The lowest BCUT2D eigenvalue weighted by atomic mass is 10.2. The summed E-state index contributed by atoms with van der Waals surface area (Å²) in [6.07, 6.45) is -1.24. The number of rotatable bonds is 5. The van der Waals surface area contributed by atoms with E-state index in [1.165, 1.54) is 0 Å². The second-order valence-corrected chi connectivity index (χ2v) is 5.20. The number of azide groups is 2. The standard InChI is InChI=1S/C10H18N8O2/c11-15-13-7-3-17(5-9(7)19)1-2-18-4-8(14-16-12)10(20)6-18/h7-10,19-20H,1-6H2/t7-,8-,9+,10+/m1/s1. The van der Waals surface area contributed by atoms with Gasteiger partial charge in [0.25, 0.3) is 0 Å². The van der Waals surface area contributed by atoms with Gasteiger partial charge in [-0.05, 0) is 11.1 Å². The van der Waals surface area contributed by atoms with Gasteiger partial charge in [0.2, 0.25) is 0 Å². The number of nitrogens with zero attached hydrogens (tertiary/aromatic N) is 8. The van der Waals surface area contributed by atoms with Crippen LogP contribution in [0.25, 0.3) is 20.9 Å². The molecule has 10 nitrogen and oxygen atoms in total. The molecule has 0 aliphatic carbocycles. The van der Waals surface area contributed by atoms with E-state index >= 15 is 0 Å². The van der Waals surface area contributed by atoms with E-state index in [1.54, 1.807) is 0 Å². The van der Waals surface area contributed by atoms with Crippen molar-refractivity contribution in [2.24, 2.45) is 10.2 Å². The van der Waals surface area contributed by atoms with Crippen LogP contribution in [0, 0.1) is 0 Å². The Balaban J connectivity index is 1.77. The molecule has 2 aliphatic heterocycles. The lowest BCUT2D eigenvalue weighted by Crippen LogP contribution is -2.34. The molecule has 0 bridgehead atoms. The van der Waals surface area contributed by atoms with E-state index < -0.39 is 12.2 Å². The molecule has 0 unspecified atom stereocenters. The van der Waals surface area contributed by atoms with Gasteiger partial charge in [-0.1, -0.05) is 10.2 Å². The first-order chi connectivity index (χ1) is 9.63. The first-order valence-electron chi connectivity index (χ1n) is 6.53. The molecule has 2 heterocycles. The Hall–Kier alpha value is -1.54. The highest BCUT2D eigenvalue weighted by Crippen LogP contribution is 2.16. The van der Waals surface area contributed by atoms with Crippen molar-refractivity contribution in [2.75, 3.05) is 39.3 Å². The van der Waals surface area contributed by atoms with Crippen molar-refractivity contribution in [2.45, 2.75) is 24.3 Å². The lowest BCUT2D eigenvalue weighted by molar-refractivity contribution is 0.153. The Bertz CT molecular complexity index is 393. The molecule has 110 valence electrons. The lowest BCUT2D eigenvalue weighted by Gasteiger charge is -2.20. The van der Waals surface area contributed by atoms with Crippen LogP contribution < -0.4 is 0 Å². The van der Waals surface area contributed by atoms with Crippen LogP contribution in [0.1, 0.15) is 0 Å². The van der Waals surface area contributed by atoms with Gasteiger partial charge in [0, 0.05) is 49.1 Å². The third kappa shape index (κ3) is 3.51. The maximum Gasteiger partial charge on any atom is 0.0773 e.